The molecule has 0 atom stereocenters. The third-order valence-corrected chi connectivity index (χ3v) is 2.43. The van der Waals surface area contributed by atoms with Crippen LogP contribution in [-0.4, -0.2) is 42.3 Å². The Morgan fingerprint density at radius 2 is 1.86 bits per heavy atom. The maximum Gasteiger partial charge on any atom is 0.278 e. The molecule has 0 aromatic rings. The summed E-state index contributed by atoms with van der Waals surface area (Å²) < 4.78 is 42.0. The predicted molar refractivity (Wildman–Crippen MR) is 50.7 cm³/mol. The van der Waals surface area contributed by atoms with Gasteiger partial charge in [0.2, 0.25) is 0 Å². The normalized spacial score (nSPS) is 13.6. The van der Waals surface area contributed by atoms with E-state index in [1.807, 2.05) is 6.92 Å². The van der Waals surface area contributed by atoms with Gasteiger partial charge in [0, 0.05) is 19.7 Å². The highest BCUT2D eigenvalue weighted by Crippen LogP contribution is 2.56. The van der Waals surface area contributed by atoms with Crippen LogP contribution in [0.25, 0.3) is 0 Å². The first kappa shape index (κ1) is 14.0. The Kier molecular flexibility index (Phi) is 7.34. The molecular weight excluding hydrogens is 219 g/mol. The van der Waals surface area contributed by atoms with Crippen molar-refractivity contribution in [3.8, 4) is 0 Å². The van der Waals surface area contributed by atoms with Gasteiger partial charge in [-0.15, -0.1) is 11.7 Å². The van der Waals surface area contributed by atoms with Gasteiger partial charge in [-0.25, -0.2) is 0 Å². The second-order valence-corrected chi connectivity index (χ2v) is 3.93. The van der Waals surface area contributed by atoms with E-state index in [0.29, 0.717) is 10.9 Å². The van der Waals surface area contributed by atoms with Crippen LogP contribution in [0.5, 0.6) is 0 Å². The fourth-order valence-corrected chi connectivity index (χ4v) is 1.41. The summed E-state index contributed by atoms with van der Waals surface area (Å²) in [6.07, 6.45) is 0.791. The van der Waals surface area contributed by atoms with Crippen molar-refractivity contribution in [2.24, 2.45) is 0 Å². The molecule has 0 spiro atoms. The fourth-order valence-electron chi connectivity index (χ4n) is 0.843. The third kappa shape index (κ3) is 6.47. The van der Waals surface area contributed by atoms with Crippen molar-refractivity contribution in [3.05, 3.63) is 0 Å². The first-order chi connectivity index (χ1) is 6.52. The average Bonchev–Trinajstić information content (AvgIpc) is 2.08. The molecule has 0 amide bonds. The minimum Gasteiger partial charge on any atom is -0.395 e. The van der Waals surface area contributed by atoms with Crippen LogP contribution in [0, 0.1) is 0 Å². The zero-order valence-electron chi connectivity index (χ0n) is 8.09. The number of ether oxygens (including phenoxy) is 1. The van der Waals surface area contributed by atoms with Crippen LogP contribution in [-0.2, 0) is 4.74 Å². The van der Waals surface area contributed by atoms with Crippen LogP contribution in [0.2, 0.25) is 0 Å². The molecule has 3 nitrogen and oxygen atoms in total. The average molecular weight is 235 g/mol. The summed E-state index contributed by atoms with van der Waals surface area (Å²) in [5, 5.41) is 8.43. The lowest BCUT2D eigenvalue weighted by Crippen LogP contribution is -2.28. The van der Waals surface area contributed by atoms with Gasteiger partial charge in [0.25, 0.3) is 11.4 Å². The lowest BCUT2D eigenvalue weighted by Gasteiger charge is -2.25. The van der Waals surface area contributed by atoms with Crippen LogP contribution in [0.3, 0.4) is 0 Å². The third-order valence-electron chi connectivity index (χ3n) is 1.48. The van der Waals surface area contributed by atoms with Crippen molar-refractivity contribution in [2.45, 2.75) is 13.3 Å². The molecule has 0 aromatic carbocycles. The summed E-state index contributed by atoms with van der Waals surface area (Å²) >= 11 is -5.22. The van der Waals surface area contributed by atoms with E-state index in [2.05, 4.69) is 0 Å². The molecular formula is C7H16F3NO2S. The molecule has 1 N–H and O–H groups in total. The molecule has 0 rings (SSSR count). The van der Waals surface area contributed by atoms with Gasteiger partial charge in [-0.3, -0.25) is 0 Å². The van der Waals surface area contributed by atoms with E-state index >= 15 is 0 Å². The molecule has 88 valence electrons. The molecule has 7 heteroatoms. The van der Waals surface area contributed by atoms with Crippen molar-refractivity contribution < 1.29 is 21.5 Å². The van der Waals surface area contributed by atoms with Gasteiger partial charge in [-0.1, -0.05) is 6.92 Å². The summed E-state index contributed by atoms with van der Waals surface area (Å²) in [5.41, 5.74) is 0. The summed E-state index contributed by atoms with van der Waals surface area (Å²) in [5.74, 6) is 0. The summed E-state index contributed by atoms with van der Waals surface area (Å²) in [4.78, 5) is 0. The zero-order valence-corrected chi connectivity index (χ0v) is 8.90. The Morgan fingerprint density at radius 3 is 2.29 bits per heavy atom. The number of hydrogen-bond acceptors (Lipinski definition) is 3. The molecule has 0 aliphatic carbocycles. The molecule has 0 aromatic heterocycles. The minimum atomic E-state index is -5.22. The summed E-state index contributed by atoms with van der Waals surface area (Å²) in [7, 11) is 0. The number of aliphatic hydroxyl groups excluding tert-OH is 1. The molecule has 0 saturated carbocycles. The smallest absolute Gasteiger partial charge is 0.278 e. The van der Waals surface area contributed by atoms with Crippen molar-refractivity contribution >= 4 is 11.4 Å². The lowest BCUT2D eigenvalue weighted by atomic mass is 10.5. The molecule has 0 heterocycles. The topological polar surface area (TPSA) is 32.7 Å². The van der Waals surface area contributed by atoms with Gasteiger partial charge < -0.3 is 9.84 Å². The van der Waals surface area contributed by atoms with Gasteiger partial charge in [0.1, 0.15) is 0 Å². The highest BCUT2D eigenvalue weighted by molar-refractivity contribution is 8.18. The van der Waals surface area contributed by atoms with Crippen LogP contribution < -0.4 is 0 Å². The number of aliphatic hydroxyl groups is 1. The van der Waals surface area contributed by atoms with Gasteiger partial charge in [0.15, 0.2) is 0 Å². The Morgan fingerprint density at radius 1 is 1.21 bits per heavy atom. The van der Waals surface area contributed by atoms with Gasteiger partial charge in [-0.2, -0.15) is 4.31 Å². The van der Waals surface area contributed by atoms with E-state index < -0.39 is 18.0 Å². The number of hydrogen-bond donors (Lipinski definition) is 1. The Balaban J connectivity index is 3.74. The molecule has 0 aliphatic heterocycles. The molecule has 0 radical (unpaired) electrons. The minimum absolute atomic E-state index is 0.0559. The Bertz CT molecular complexity index is 145. The highest BCUT2D eigenvalue weighted by Gasteiger charge is 2.30. The number of halogens is 3. The van der Waals surface area contributed by atoms with E-state index in [9.17, 15) is 11.7 Å². The van der Waals surface area contributed by atoms with E-state index in [4.69, 9.17) is 9.84 Å². The molecule has 0 fully saturated rings. The summed E-state index contributed by atoms with van der Waals surface area (Å²) in [6, 6.07) is 0. The zero-order chi connectivity index (χ0) is 11.0. The second kappa shape index (κ2) is 7.33. The van der Waals surface area contributed by atoms with E-state index in [1.165, 1.54) is 0 Å². The molecule has 0 unspecified atom stereocenters. The maximum absolute atomic E-state index is 12.3. The van der Waals surface area contributed by atoms with Crippen molar-refractivity contribution in [1.82, 2.24) is 4.31 Å². The molecule has 0 saturated heterocycles. The standard InChI is InChI=1S/C7H16F3NO2S/c1-2-6-13-7-4-11(3-5-12)14(8,9)10/h12H,2-7H2,1H3. The van der Waals surface area contributed by atoms with E-state index in [-0.39, 0.29) is 19.7 Å². The maximum atomic E-state index is 12.3. The highest BCUT2D eigenvalue weighted by atomic mass is 32.3. The van der Waals surface area contributed by atoms with Crippen LogP contribution >= 0.6 is 11.4 Å². The quantitative estimate of drug-likeness (QED) is 0.654. The Labute approximate surface area is 84.2 Å². The van der Waals surface area contributed by atoms with E-state index in [0.717, 1.165) is 6.42 Å². The van der Waals surface area contributed by atoms with E-state index in [1.54, 1.807) is 0 Å². The largest absolute Gasteiger partial charge is 0.395 e. The SMILES string of the molecule is CCCOCCN(CCO)S(F)(F)F. The lowest BCUT2D eigenvalue weighted by molar-refractivity contribution is 0.117. The fraction of sp³-hybridized carbons (Fsp3) is 1.00. The number of nitrogens with zero attached hydrogens (tertiary/aromatic N) is 1. The van der Waals surface area contributed by atoms with Gasteiger partial charge >= 0.3 is 0 Å². The van der Waals surface area contributed by atoms with Crippen LogP contribution in [0.15, 0.2) is 0 Å². The van der Waals surface area contributed by atoms with Gasteiger partial charge in [0.05, 0.1) is 13.2 Å². The summed E-state index contributed by atoms with van der Waals surface area (Å²) in [6.45, 7) is 1.37. The van der Waals surface area contributed by atoms with Crippen LogP contribution in [0.4, 0.5) is 11.7 Å². The van der Waals surface area contributed by atoms with Crippen LogP contribution in [0.1, 0.15) is 13.3 Å². The number of rotatable bonds is 8. The first-order valence-corrected chi connectivity index (χ1v) is 5.67. The molecule has 14 heavy (non-hydrogen) atoms. The van der Waals surface area contributed by atoms with Crippen molar-refractivity contribution in [2.75, 3.05) is 32.9 Å². The predicted octanol–water partition coefficient (Wildman–Crippen LogP) is 2.08. The second-order valence-electron chi connectivity index (χ2n) is 2.65. The monoisotopic (exact) mass is 235 g/mol. The first-order valence-electron chi connectivity index (χ1n) is 4.38. The van der Waals surface area contributed by atoms with Gasteiger partial charge in [-0.05, 0) is 6.42 Å². The molecule has 0 aliphatic rings. The Hall–Kier alpha value is 0.0200. The van der Waals surface area contributed by atoms with Crippen molar-refractivity contribution in [1.29, 1.82) is 0 Å². The van der Waals surface area contributed by atoms with Crippen molar-refractivity contribution in [3.63, 3.8) is 0 Å². The molecule has 0 bridgehead atoms.